The summed E-state index contributed by atoms with van der Waals surface area (Å²) in [6, 6.07) is 6.00. The molecule has 0 saturated carbocycles. The average molecular weight is 298 g/mol. The van der Waals surface area contributed by atoms with Gasteiger partial charge in [-0.3, -0.25) is 4.79 Å². The van der Waals surface area contributed by atoms with Gasteiger partial charge >= 0.3 is 0 Å². The number of fused-ring (bicyclic) bond motifs is 1. The highest BCUT2D eigenvalue weighted by Gasteiger charge is 2.15. The molecule has 92 valence electrons. The Bertz CT molecular complexity index is 418. The summed E-state index contributed by atoms with van der Waals surface area (Å²) in [4.78, 5) is 11.8. The number of halogens is 1. The Balaban J connectivity index is 2.00. The second kappa shape index (κ2) is 5.54. The van der Waals surface area contributed by atoms with Crippen molar-refractivity contribution in [2.75, 3.05) is 11.9 Å². The van der Waals surface area contributed by atoms with Crippen molar-refractivity contribution in [2.45, 2.75) is 31.0 Å². The second-order valence-electron chi connectivity index (χ2n) is 4.34. The molecule has 0 spiro atoms. The number of rotatable bonds is 4. The first kappa shape index (κ1) is 12.4. The van der Waals surface area contributed by atoms with Crippen LogP contribution in [0.25, 0.3) is 0 Å². The van der Waals surface area contributed by atoms with Crippen molar-refractivity contribution in [3.8, 4) is 5.75 Å². The average Bonchev–Trinajstić information content (AvgIpc) is 2.28. The molecule has 2 rings (SSSR count). The number of carbonyl (C=O) groups is 1. The fraction of sp³-hybridized carbons (Fsp3) is 0.462. The molecule has 1 amide bonds. The summed E-state index contributed by atoms with van der Waals surface area (Å²) in [5.41, 5.74) is 2.04. The Morgan fingerprint density at radius 3 is 3.12 bits per heavy atom. The van der Waals surface area contributed by atoms with Gasteiger partial charge in [-0.25, -0.2) is 0 Å². The molecule has 1 heterocycles. The van der Waals surface area contributed by atoms with E-state index in [1.54, 1.807) is 0 Å². The lowest BCUT2D eigenvalue weighted by molar-refractivity contribution is -0.118. The lowest BCUT2D eigenvalue weighted by Crippen LogP contribution is -2.25. The Kier molecular flexibility index (Phi) is 4.05. The van der Waals surface area contributed by atoms with Crippen molar-refractivity contribution >= 4 is 27.5 Å². The SMILES string of the molecule is C[C@@H](Br)CCCc1ccc2c(c1)NC(=O)CO2. The number of aryl methyl sites for hydroxylation is 1. The van der Waals surface area contributed by atoms with E-state index in [1.807, 2.05) is 12.1 Å². The van der Waals surface area contributed by atoms with Gasteiger partial charge in [-0.1, -0.05) is 28.9 Å². The van der Waals surface area contributed by atoms with Gasteiger partial charge in [0.15, 0.2) is 6.61 Å². The van der Waals surface area contributed by atoms with Crippen LogP contribution in [-0.4, -0.2) is 17.3 Å². The molecule has 0 aromatic heterocycles. The summed E-state index contributed by atoms with van der Waals surface area (Å²) in [5.74, 6) is 0.686. The zero-order valence-electron chi connectivity index (χ0n) is 9.83. The lowest BCUT2D eigenvalue weighted by atomic mass is 10.1. The van der Waals surface area contributed by atoms with E-state index in [0.717, 1.165) is 30.7 Å². The number of nitrogens with one attached hydrogen (secondary N) is 1. The van der Waals surface area contributed by atoms with Crippen LogP contribution < -0.4 is 10.1 Å². The maximum Gasteiger partial charge on any atom is 0.262 e. The van der Waals surface area contributed by atoms with E-state index in [-0.39, 0.29) is 12.5 Å². The summed E-state index contributed by atoms with van der Waals surface area (Å²) in [5, 5.41) is 2.83. The number of anilines is 1. The topological polar surface area (TPSA) is 38.3 Å². The minimum Gasteiger partial charge on any atom is -0.482 e. The second-order valence-corrected chi connectivity index (χ2v) is 5.90. The molecule has 0 unspecified atom stereocenters. The highest BCUT2D eigenvalue weighted by atomic mass is 79.9. The van der Waals surface area contributed by atoms with Crippen LogP contribution in [0.3, 0.4) is 0 Å². The van der Waals surface area contributed by atoms with Gasteiger partial charge in [0, 0.05) is 4.83 Å². The Morgan fingerprint density at radius 1 is 1.53 bits per heavy atom. The highest BCUT2D eigenvalue weighted by molar-refractivity contribution is 9.09. The third-order valence-electron chi connectivity index (χ3n) is 2.74. The van der Waals surface area contributed by atoms with Crippen LogP contribution in [-0.2, 0) is 11.2 Å². The van der Waals surface area contributed by atoms with Crippen LogP contribution in [0.2, 0.25) is 0 Å². The Hall–Kier alpha value is -1.03. The van der Waals surface area contributed by atoms with Gasteiger partial charge in [0.1, 0.15) is 5.75 Å². The number of benzene rings is 1. The van der Waals surface area contributed by atoms with Gasteiger partial charge < -0.3 is 10.1 Å². The first-order valence-corrected chi connectivity index (χ1v) is 6.76. The standard InChI is InChI=1S/C13H16BrNO2/c1-9(14)3-2-4-10-5-6-12-11(7-10)15-13(16)8-17-12/h5-7,9H,2-4,8H2,1H3,(H,15,16)/t9-/m1/s1. The Labute approximate surface area is 110 Å². The fourth-order valence-corrected chi connectivity index (χ4v) is 2.20. The molecule has 1 aromatic rings. The molecule has 1 N–H and O–H groups in total. The fourth-order valence-electron chi connectivity index (χ4n) is 1.87. The summed E-state index contributed by atoms with van der Waals surface area (Å²) < 4.78 is 5.31. The molecule has 17 heavy (non-hydrogen) atoms. The van der Waals surface area contributed by atoms with Crippen molar-refractivity contribution in [3.63, 3.8) is 0 Å². The number of amides is 1. The van der Waals surface area contributed by atoms with E-state index < -0.39 is 0 Å². The number of hydrogen-bond donors (Lipinski definition) is 1. The molecule has 4 heteroatoms. The van der Waals surface area contributed by atoms with Crippen LogP contribution in [0.1, 0.15) is 25.3 Å². The molecule has 3 nitrogen and oxygen atoms in total. The van der Waals surface area contributed by atoms with Crippen LogP contribution in [0.4, 0.5) is 5.69 Å². The van der Waals surface area contributed by atoms with E-state index in [4.69, 9.17) is 4.74 Å². The first-order chi connectivity index (χ1) is 8.15. The predicted octanol–water partition coefficient (Wildman–Crippen LogP) is 3.12. The molecular formula is C13H16BrNO2. The third kappa shape index (κ3) is 3.46. The summed E-state index contributed by atoms with van der Waals surface area (Å²) >= 11 is 3.54. The summed E-state index contributed by atoms with van der Waals surface area (Å²) in [6.07, 6.45) is 3.32. The minimum atomic E-state index is -0.0799. The van der Waals surface area contributed by atoms with Crippen LogP contribution in [0, 0.1) is 0 Å². The highest BCUT2D eigenvalue weighted by Crippen LogP contribution is 2.29. The van der Waals surface area contributed by atoms with E-state index in [9.17, 15) is 4.79 Å². The number of hydrogen-bond acceptors (Lipinski definition) is 2. The van der Waals surface area contributed by atoms with Crippen LogP contribution >= 0.6 is 15.9 Å². The van der Waals surface area contributed by atoms with E-state index in [2.05, 4.69) is 34.2 Å². The van der Waals surface area contributed by atoms with Crippen molar-refractivity contribution in [1.82, 2.24) is 0 Å². The third-order valence-corrected chi connectivity index (χ3v) is 3.20. The van der Waals surface area contributed by atoms with Crippen LogP contribution in [0.15, 0.2) is 18.2 Å². The van der Waals surface area contributed by atoms with E-state index in [1.165, 1.54) is 5.56 Å². The summed E-state index contributed by atoms with van der Waals surface area (Å²) in [7, 11) is 0. The van der Waals surface area contributed by atoms with Crippen molar-refractivity contribution in [3.05, 3.63) is 23.8 Å². The number of carbonyl (C=O) groups excluding carboxylic acids is 1. The maximum atomic E-state index is 11.2. The molecule has 1 aliphatic rings. The molecule has 1 aliphatic heterocycles. The lowest BCUT2D eigenvalue weighted by Gasteiger charge is -2.18. The zero-order chi connectivity index (χ0) is 12.3. The van der Waals surface area contributed by atoms with Crippen molar-refractivity contribution < 1.29 is 9.53 Å². The first-order valence-electron chi connectivity index (χ1n) is 5.85. The molecule has 0 saturated heterocycles. The van der Waals surface area contributed by atoms with Crippen molar-refractivity contribution in [2.24, 2.45) is 0 Å². The Morgan fingerprint density at radius 2 is 2.35 bits per heavy atom. The van der Waals surface area contributed by atoms with Gasteiger partial charge in [-0.15, -0.1) is 0 Å². The maximum absolute atomic E-state index is 11.2. The molecular weight excluding hydrogens is 282 g/mol. The largest absolute Gasteiger partial charge is 0.482 e. The number of ether oxygens (including phenoxy) is 1. The van der Waals surface area contributed by atoms with E-state index >= 15 is 0 Å². The molecule has 0 radical (unpaired) electrons. The normalized spacial score (nSPS) is 15.8. The molecule has 1 aromatic carbocycles. The van der Waals surface area contributed by atoms with Crippen LogP contribution in [0.5, 0.6) is 5.75 Å². The quantitative estimate of drug-likeness (QED) is 0.867. The molecule has 0 bridgehead atoms. The molecule has 1 atom stereocenters. The molecule has 0 fully saturated rings. The minimum absolute atomic E-state index is 0.0799. The zero-order valence-corrected chi connectivity index (χ0v) is 11.4. The predicted molar refractivity (Wildman–Crippen MR) is 71.9 cm³/mol. The van der Waals surface area contributed by atoms with Gasteiger partial charge in [0.05, 0.1) is 5.69 Å². The smallest absolute Gasteiger partial charge is 0.262 e. The monoisotopic (exact) mass is 297 g/mol. The van der Waals surface area contributed by atoms with Gasteiger partial charge in [0.2, 0.25) is 0 Å². The van der Waals surface area contributed by atoms with Gasteiger partial charge in [-0.05, 0) is 37.0 Å². The number of alkyl halides is 1. The van der Waals surface area contributed by atoms with Gasteiger partial charge in [-0.2, -0.15) is 0 Å². The van der Waals surface area contributed by atoms with E-state index in [0.29, 0.717) is 4.83 Å². The summed E-state index contributed by atoms with van der Waals surface area (Å²) in [6.45, 7) is 2.27. The molecule has 0 aliphatic carbocycles. The van der Waals surface area contributed by atoms with Gasteiger partial charge in [0.25, 0.3) is 5.91 Å². The van der Waals surface area contributed by atoms with Crippen molar-refractivity contribution in [1.29, 1.82) is 0 Å².